The molecule has 0 atom stereocenters. The number of nitrogens with one attached hydrogen (secondary N) is 2. The van der Waals surface area contributed by atoms with Crippen molar-refractivity contribution < 1.29 is 13.2 Å². The number of aryl methyl sites for hydroxylation is 1. The van der Waals surface area contributed by atoms with E-state index in [9.17, 15) is 13.2 Å². The molecule has 1 aliphatic rings. The Morgan fingerprint density at radius 1 is 1.35 bits per heavy atom. The second kappa shape index (κ2) is 7.42. The molecule has 0 aliphatic heterocycles. The number of hydrogen-bond donors (Lipinski definition) is 2. The summed E-state index contributed by atoms with van der Waals surface area (Å²) in [4.78, 5) is 14.7. The molecule has 0 unspecified atom stereocenters. The molecule has 1 aliphatic carbocycles. The summed E-state index contributed by atoms with van der Waals surface area (Å²) in [6.45, 7) is 5.18. The highest BCUT2D eigenvalue weighted by Gasteiger charge is 2.25. The maximum atomic E-state index is 12.3. The van der Waals surface area contributed by atoms with Gasteiger partial charge in [-0.3, -0.25) is 4.79 Å². The summed E-state index contributed by atoms with van der Waals surface area (Å²) in [6.07, 6.45) is 2.46. The predicted molar refractivity (Wildman–Crippen MR) is 90.0 cm³/mol. The van der Waals surface area contributed by atoms with Crippen LogP contribution in [-0.4, -0.2) is 51.9 Å². The lowest BCUT2D eigenvalue weighted by atomic mass is 10.1. The van der Waals surface area contributed by atoms with Crippen LogP contribution in [0.4, 0.5) is 0 Å². The van der Waals surface area contributed by atoms with Crippen molar-refractivity contribution in [3.05, 3.63) is 29.3 Å². The highest BCUT2D eigenvalue weighted by Crippen LogP contribution is 2.24. The van der Waals surface area contributed by atoms with Gasteiger partial charge in [-0.05, 0) is 44.5 Å². The summed E-state index contributed by atoms with van der Waals surface area (Å²) in [5.74, 6) is -0.236. The molecule has 0 spiro atoms. The summed E-state index contributed by atoms with van der Waals surface area (Å²) in [7, 11) is -1.50. The molecule has 0 heterocycles. The van der Waals surface area contributed by atoms with Crippen molar-refractivity contribution in [2.24, 2.45) is 0 Å². The van der Waals surface area contributed by atoms with E-state index in [0.717, 1.165) is 12.1 Å². The van der Waals surface area contributed by atoms with Gasteiger partial charge >= 0.3 is 0 Å². The summed E-state index contributed by atoms with van der Waals surface area (Å²) < 4.78 is 26.5. The average molecular weight is 339 g/mol. The second-order valence-electron chi connectivity index (χ2n) is 5.95. The maximum absolute atomic E-state index is 12.3. The molecule has 2 N–H and O–H groups in total. The fourth-order valence-electron chi connectivity index (χ4n) is 2.43. The molecule has 0 aromatic heterocycles. The van der Waals surface area contributed by atoms with Crippen LogP contribution in [0.1, 0.15) is 35.7 Å². The van der Waals surface area contributed by atoms with Crippen molar-refractivity contribution in [2.75, 3.05) is 26.7 Å². The highest BCUT2D eigenvalue weighted by atomic mass is 32.2. The summed E-state index contributed by atoms with van der Waals surface area (Å²) in [6, 6.07) is 5.27. The third-order valence-corrected chi connectivity index (χ3v) is 5.56. The minimum absolute atomic E-state index is 0.116. The molecule has 1 fully saturated rings. The Balaban J connectivity index is 2.03. The minimum atomic E-state index is -3.56. The lowest BCUT2D eigenvalue weighted by molar-refractivity contribution is 0.0948. The Labute approximate surface area is 138 Å². The first-order valence-corrected chi connectivity index (χ1v) is 9.42. The number of carbonyl (C=O) groups excluding carboxylic acids is 1. The molecule has 128 valence electrons. The average Bonchev–Trinajstić information content (AvgIpc) is 3.31. The first kappa shape index (κ1) is 17.9. The van der Waals surface area contributed by atoms with Crippen LogP contribution in [0.15, 0.2) is 23.1 Å². The third kappa shape index (κ3) is 4.76. The van der Waals surface area contributed by atoms with E-state index in [0.29, 0.717) is 24.7 Å². The van der Waals surface area contributed by atoms with Crippen LogP contribution in [0.25, 0.3) is 0 Å². The molecule has 1 amide bonds. The molecule has 6 nitrogen and oxygen atoms in total. The SMILES string of the molecule is CCNS(=O)(=O)c1ccc(C)c(C(=O)NCCN(C)C2CC2)c1. The van der Waals surface area contributed by atoms with Crippen LogP contribution in [0.3, 0.4) is 0 Å². The van der Waals surface area contributed by atoms with Crippen molar-refractivity contribution in [1.82, 2.24) is 14.9 Å². The van der Waals surface area contributed by atoms with E-state index in [-0.39, 0.29) is 10.8 Å². The van der Waals surface area contributed by atoms with Gasteiger partial charge in [0.25, 0.3) is 5.91 Å². The van der Waals surface area contributed by atoms with E-state index in [4.69, 9.17) is 0 Å². The Morgan fingerprint density at radius 2 is 2.04 bits per heavy atom. The zero-order valence-electron chi connectivity index (χ0n) is 13.9. The third-order valence-electron chi connectivity index (χ3n) is 4.02. The van der Waals surface area contributed by atoms with Gasteiger partial charge in [-0.15, -0.1) is 0 Å². The first-order chi connectivity index (χ1) is 10.8. The van der Waals surface area contributed by atoms with Crippen molar-refractivity contribution in [3.63, 3.8) is 0 Å². The maximum Gasteiger partial charge on any atom is 0.251 e. The number of hydrogen-bond acceptors (Lipinski definition) is 4. The summed E-state index contributed by atoms with van der Waals surface area (Å²) in [5, 5.41) is 2.87. The standard InChI is InChI=1S/C16H25N3O3S/c1-4-18-23(21,22)14-8-5-12(2)15(11-14)16(20)17-9-10-19(3)13-6-7-13/h5,8,11,13,18H,4,6-7,9-10H2,1-3H3,(H,17,20). The molecule has 0 radical (unpaired) electrons. The lowest BCUT2D eigenvalue weighted by Gasteiger charge is -2.16. The van der Waals surface area contributed by atoms with E-state index in [2.05, 4.69) is 22.0 Å². The van der Waals surface area contributed by atoms with Crippen molar-refractivity contribution in [3.8, 4) is 0 Å². The predicted octanol–water partition coefficient (Wildman–Crippen LogP) is 1.12. The molecule has 1 aromatic carbocycles. The fourth-order valence-corrected chi connectivity index (χ4v) is 3.49. The molecule has 23 heavy (non-hydrogen) atoms. The molecular weight excluding hydrogens is 314 g/mol. The molecular formula is C16H25N3O3S. The van der Waals surface area contributed by atoms with Gasteiger partial charge in [-0.25, -0.2) is 13.1 Å². The van der Waals surface area contributed by atoms with E-state index in [1.807, 2.05) is 0 Å². The van der Waals surface area contributed by atoms with Gasteiger partial charge in [0, 0.05) is 31.2 Å². The van der Waals surface area contributed by atoms with Gasteiger partial charge in [0.1, 0.15) is 0 Å². The van der Waals surface area contributed by atoms with Crippen LogP contribution in [-0.2, 0) is 10.0 Å². The van der Waals surface area contributed by atoms with Gasteiger partial charge < -0.3 is 10.2 Å². The number of benzene rings is 1. The topological polar surface area (TPSA) is 78.5 Å². The zero-order valence-corrected chi connectivity index (χ0v) is 14.7. The smallest absolute Gasteiger partial charge is 0.251 e. The quantitative estimate of drug-likeness (QED) is 0.744. The Kier molecular flexibility index (Phi) is 5.78. The van der Waals surface area contributed by atoms with Gasteiger partial charge in [0.15, 0.2) is 0 Å². The van der Waals surface area contributed by atoms with Gasteiger partial charge in [0.05, 0.1) is 4.90 Å². The Hall–Kier alpha value is -1.44. The first-order valence-electron chi connectivity index (χ1n) is 7.94. The summed E-state index contributed by atoms with van der Waals surface area (Å²) >= 11 is 0. The van der Waals surface area contributed by atoms with Gasteiger partial charge in [-0.2, -0.15) is 0 Å². The van der Waals surface area contributed by atoms with E-state index in [1.54, 1.807) is 19.9 Å². The minimum Gasteiger partial charge on any atom is -0.351 e. The van der Waals surface area contributed by atoms with Crippen LogP contribution in [0, 0.1) is 6.92 Å². The molecule has 0 saturated heterocycles. The van der Waals surface area contributed by atoms with Crippen LogP contribution in [0.5, 0.6) is 0 Å². The van der Waals surface area contributed by atoms with E-state index in [1.165, 1.54) is 25.0 Å². The van der Waals surface area contributed by atoms with Gasteiger partial charge in [0.2, 0.25) is 10.0 Å². The second-order valence-corrected chi connectivity index (χ2v) is 7.71. The van der Waals surface area contributed by atoms with Crippen molar-refractivity contribution >= 4 is 15.9 Å². The van der Waals surface area contributed by atoms with Crippen LogP contribution < -0.4 is 10.0 Å². The summed E-state index contributed by atoms with van der Waals surface area (Å²) in [5.41, 5.74) is 1.16. The van der Waals surface area contributed by atoms with Crippen LogP contribution >= 0.6 is 0 Å². The van der Waals surface area contributed by atoms with Crippen molar-refractivity contribution in [2.45, 2.75) is 37.6 Å². The fraction of sp³-hybridized carbons (Fsp3) is 0.562. The number of likely N-dealkylation sites (N-methyl/N-ethyl adjacent to an activating group) is 1. The molecule has 1 aromatic rings. The highest BCUT2D eigenvalue weighted by molar-refractivity contribution is 7.89. The number of nitrogens with zero attached hydrogens (tertiary/aromatic N) is 1. The van der Waals surface area contributed by atoms with E-state index >= 15 is 0 Å². The zero-order chi connectivity index (χ0) is 17.0. The Bertz CT molecular complexity index is 669. The number of carbonyl (C=O) groups is 1. The van der Waals surface area contributed by atoms with E-state index < -0.39 is 10.0 Å². The number of amides is 1. The number of rotatable bonds is 8. The van der Waals surface area contributed by atoms with Crippen LogP contribution in [0.2, 0.25) is 0 Å². The monoisotopic (exact) mass is 339 g/mol. The lowest BCUT2D eigenvalue weighted by Crippen LogP contribution is -2.34. The normalized spacial score (nSPS) is 15.0. The Morgan fingerprint density at radius 3 is 2.65 bits per heavy atom. The molecule has 1 saturated carbocycles. The molecule has 0 bridgehead atoms. The largest absolute Gasteiger partial charge is 0.351 e. The van der Waals surface area contributed by atoms with Gasteiger partial charge in [-0.1, -0.05) is 13.0 Å². The van der Waals surface area contributed by atoms with Crippen molar-refractivity contribution in [1.29, 1.82) is 0 Å². The molecule has 7 heteroatoms. The number of sulfonamides is 1. The molecule has 2 rings (SSSR count).